The van der Waals surface area contributed by atoms with Crippen LogP contribution in [0.1, 0.15) is 18.1 Å². The number of aryl methyl sites for hydroxylation is 1. The van der Waals surface area contributed by atoms with E-state index >= 15 is 0 Å². The minimum absolute atomic E-state index is 0.239. The first kappa shape index (κ1) is 23.4. The fourth-order valence-electron chi connectivity index (χ4n) is 2.70. The highest BCUT2D eigenvalue weighted by molar-refractivity contribution is 14.1. The summed E-state index contributed by atoms with van der Waals surface area (Å²) < 4.78 is 11.9. The average molecular weight is 572 g/mol. The Balaban J connectivity index is 1.87. The first-order chi connectivity index (χ1) is 14.8. The zero-order valence-electron chi connectivity index (χ0n) is 16.7. The maximum atomic E-state index is 12.4. The number of carbonyl (C=O) groups is 2. The molecular weight excluding hydrogens is 553 g/mol. The van der Waals surface area contributed by atoms with Crippen molar-refractivity contribution in [1.29, 1.82) is 0 Å². The van der Waals surface area contributed by atoms with Gasteiger partial charge in [-0.15, -0.1) is 0 Å². The molecule has 1 fully saturated rings. The lowest BCUT2D eigenvalue weighted by Crippen LogP contribution is -2.20. The van der Waals surface area contributed by atoms with Crippen molar-refractivity contribution in [2.24, 2.45) is 10.7 Å². The van der Waals surface area contributed by atoms with E-state index in [1.807, 2.05) is 26.0 Å². The lowest BCUT2D eigenvalue weighted by atomic mass is 10.2. The molecule has 3 N–H and O–H groups in total. The molecule has 1 aliphatic rings. The van der Waals surface area contributed by atoms with Crippen molar-refractivity contribution in [3.63, 3.8) is 0 Å². The monoisotopic (exact) mass is 571 g/mol. The van der Waals surface area contributed by atoms with E-state index < -0.39 is 5.91 Å². The summed E-state index contributed by atoms with van der Waals surface area (Å²) in [5.41, 5.74) is 7.57. The number of nitrogens with one attached hydrogen (secondary N) is 1. The van der Waals surface area contributed by atoms with Gasteiger partial charge in [-0.3, -0.25) is 9.59 Å². The molecule has 162 valence electrons. The van der Waals surface area contributed by atoms with Crippen molar-refractivity contribution >= 4 is 74.7 Å². The van der Waals surface area contributed by atoms with E-state index in [4.69, 9.17) is 26.8 Å². The smallest absolute Gasteiger partial charge is 0.264 e. The second kappa shape index (κ2) is 10.4. The molecule has 0 aromatic heterocycles. The lowest BCUT2D eigenvalue weighted by Gasteiger charge is -2.14. The topological polar surface area (TPSA) is 103 Å². The minimum Gasteiger partial charge on any atom is -0.490 e. The van der Waals surface area contributed by atoms with Crippen LogP contribution in [0.3, 0.4) is 0 Å². The standard InChI is InChI=1S/C21H19ClIN3O4S/c1-3-29-16-8-12(7-14(23)19(16)30-10-18(24)27)9-17-20(28)26-21(31-17)25-15-5-4-13(22)6-11(15)2/h4-9H,3,10H2,1-2H3,(H2,24,27)(H,25,26,28)/b17-9-. The third kappa shape index (κ3) is 6.14. The van der Waals surface area contributed by atoms with E-state index in [2.05, 4.69) is 32.9 Å². The normalized spacial score (nSPS) is 15.9. The number of amides is 2. The maximum Gasteiger partial charge on any atom is 0.264 e. The number of rotatable bonds is 7. The fourth-order valence-corrected chi connectivity index (χ4v) is 4.55. The van der Waals surface area contributed by atoms with E-state index in [1.54, 1.807) is 24.3 Å². The summed E-state index contributed by atoms with van der Waals surface area (Å²) in [6.07, 6.45) is 1.75. The molecule has 3 rings (SSSR count). The number of amidine groups is 1. The Morgan fingerprint density at radius 3 is 2.77 bits per heavy atom. The summed E-state index contributed by atoms with van der Waals surface area (Å²) in [5.74, 6) is 0.0903. The predicted octanol–water partition coefficient (Wildman–Crippen LogP) is 4.41. The van der Waals surface area contributed by atoms with Gasteiger partial charge in [-0.1, -0.05) is 11.6 Å². The van der Waals surface area contributed by atoms with Gasteiger partial charge in [0.05, 0.1) is 20.8 Å². The highest BCUT2D eigenvalue weighted by atomic mass is 127. The number of primary amides is 1. The fraction of sp³-hybridized carbons (Fsp3) is 0.190. The molecule has 0 saturated carbocycles. The third-order valence-electron chi connectivity index (χ3n) is 4.02. The first-order valence-corrected chi connectivity index (χ1v) is 11.5. The zero-order valence-corrected chi connectivity index (χ0v) is 20.4. The molecule has 2 amide bonds. The van der Waals surface area contributed by atoms with Crippen LogP contribution < -0.4 is 20.5 Å². The molecule has 2 aromatic rings. The molecule has 0 atom stereocenters. The first-order valence-electron chi connectivity index (χ1n) is 9.20. The van der Waals surface area contributed by atoms with Gasteiger partial charge in [0.25, 0.3) is 11.8 Å². The molecule has 0 radical (unpaired) electrons. The zero-order chi connectivity index (χ0) is 22.5. The number of hydrogen-bond donors (Lipinski definition) is 2. The highest BCUT2D eigenvalue weighted by Crippen LogP contribution is 2.36. The van der Waals surface area contributed by atoms with Crippen molar-refractivity contribution in [2.45, 2.75) is 13.8 Å². The molecule has 0 unspecified atom stereocenters. The summed E-state index contributed by atoms with van der Waals surface area (Å²) in [6, 6.07) is 8.96. The van der Waals surface area contributed by atoms with Gasteiger partial charge in [-0.05, 0) is 95.7 Å². The van der Waals surface area contributed by atoms with Gasteiger partial charge in [-0.25, -0.2) is 4.99 Å². The molecule has 1 saturated heterocycles. The van der Waals surface area contributed by atoms with Crippen LogP contribution in [0.2, 0.25) is 5.02 Å². The number of nitrogens with zero attached hydrogens (tertiary/aromatic N) is 1. The number of halogens is 2. The van der Waals surface area contributed by atoms with Gasteiger partial charge in [0.1, 0.15) is 0 Å². The Morgan fingerprint density at radius 1 is 1.32 bits per heavy atom. The number of nitrogens with two attached hydrogens (primary N) is 1. The highest BCUT2D eigenvalue weighted by Gasteiger charge is 2.24. The number of thioether (sulfide) groups is 1. The number of ether oxygens (including phenoxy) is 2. The van der Waals surface area contributed by atoms with Gasteiger partial charge in [0, 0.05) is 5.02 Å². The number of benzene rings is 2. The Kier molecular flexibility index (Phi) is 7.84. The molecule has 0 aliphatic carbocycles. The van der Waals surface area contributed by atoms with E-state index in [0.717, 1.165) is 20.4 Å². The Labute approximate surface area is 202 Å². The largest absolute Gasteiger partial charge is 0.490 e. The van der Waals surface area contributed by atoms with Crippen LogP contribution in [0.5, 0.6) is 11.5 Å². The van der Waals surface area contributed by atoms with Crippen LogP contribution in [-0.4, -0.2) is 30.2 Å². The van der Waals surface area contributed by atoms with E-state index in [-0.39, 0.29) is 12.5 Å². The molecule has 7 nitrogen and oxygen atoms in total. The van der Waals surface area contributed by atoms with E-state index in [9.17, 15) is 9.59 Å². The van der Waals surface area contributed by atoms with Gasteiger partial charge in [0.2, 0.25) is 0 Å². The molecule has 10 heteroatoms. The molecule has 1 heterocycles. The Bertz CT molecular complexity index is 1100. The van der Waals surface area contributed by atoms with Crippen LogP contribution in [0.25, 0.3) is 6.08 Å². The summed E-state index contributed by atoms with van der Waals surface area (Å²) in [4.78, 5) is 28.5. The molecule has 2 aromatic carbocycles. The summed E-state index contributed by atoms with van der Waals surface area (Å²) in [6.45, 7) is 3.91. The third-order valence-corrected chi connectivity index (χ3v) is 5.97. The quantitative estimate of drug-likeness (QED) is 0.379. The van der Waals surface area contributed by atoms with E-state index in [1.165, 1.54) is 11.8 Å². The van der Waals surface area contributed by atoms with Gasteiger partial charge < -0.3 is 20.5 Å². The summed E-state index contributed by atoms with van der Waals surface area (Å²) in [5, 5.41) is 3.90. The van der Waals surface area contributed by atoms with Crippen LogP contribution in [0.4, 0.5) is 5.69 Å². The predicted molar refractivity (Wildman–Crippen MR) is 132 cm³/mol. The van der Waals surface area contributed by atoms with Crippen molar-refractivity contribution in [3.8, 4) is 11.5 Å². The molecule has 31 heavy (non-hydrogen) atoms. The van der Waals surface area contributed by atoms with Gasteiger partial charge in [0.15, 0.2) is 23.3 Å². The molecule has 0 bridgehead atoms. The van der Waals surface area contributed by atoms with Crippen LogP contribution in [0, 0.1) is 10.5 Å². The SMILES string of the molecule is CCOc1cc(/C=C2\SC(=Nc3ccc(Cl)cc3C)NC2=O)cc(I)c1OCC(N)=O. The van der Waals surface area contributed by atoms with Crippen LogP contribution in [0.15, 0.2) is 40.2 Å². The van der Waals surface area contributed by atoms with Crippen molar-refractivity contribution in [3.05, 3.63) is 55.0 Å². The van der Waals surface area contributed by atoms with Crippen LogP contribution >= 0.6 is 46.0 Å². The minimum atomic E-state index is -0.578. The maximum absolute atomic E-state index is 12.4. The van der Waals surface area contributed by atoms with E-state index in [0.29, 0.717) is 33.2 Å². The second-order valence-corrected chi connectivity index (χ2v) is 9.06. The second-order valence-electron chi connectivity index (χ2n) is 6.43. The Hall–Kier alpha value is -2.24. The van der Waals surface area contributed by atoms with Crippen molar-refractivity contribution < 1.29 is 19.1 Å². The van der Waals surface area contributed by atoms with Crippen molar-refractivity contribution in [2.75, 3.05) is 13.2 Å². The van der Waals surface area contributed by atoms with Gasteiger partial charge in [-0.2, -0.15) is 0 Å². The van der Waals surface area contributed by atoms with Gasteiger partial charge >= 0.3 is 0 Å². The average Bonchev–Trinajstić information content (AvgIpc) is 3.02. The molecular formula is C21H19ClIN3O4S. The van der Waals surface area contributed by atoms with Crippen molar-refractivity contribution in [1.82, 2.24) is 5.32 Å². The number of hydrogen-bond acceptors (Lipinski definition) is 6. The Morgan fingerprint density at radius 2 is 2.10 bits per heavy atom. The lowest BCUT2D eigenvalue weighted by molar-refractivity contribution is -0.120. The molecule has 0 spiro atoms. The number of aliphatic imine (C=N–C) groups is 1. The summed E-state index contributed by atoms with van der Waals surface area (Å²) >= 11 is 9.32. The van der Waals surface area contributed by atoms with Crippen LogP contribution in [-0.2, 0) is 9.59 Å². The summed E-state index contributed by atoms with van der Waals surface area (Å²) in [7, 11) is 0. The number of carbonyl (C=O) groups excluding carboxylic acids is 2. The molecule has 1 aliphatic heterocycles.